The van der Waals surface area contributed by atoms with Gasteiger partial charge in [0.15, 0.2) is 11.6 Å². The van der Waals surface area contributed by atoms with Crippen LogP contribution < -0.4 is 5.56 Å². The van der Waals surface area contributed by atoms with Gasteiger partial charge in [-0.05, 0) is 62.7 Å². The first kappa shape index (κ1) is 25.8. The summed E-state index contributed by atoms with van der Waals surface area (Å²) in [6, 6.07) is 13.8. The zero-order chi connectivity index (χ0) is 25.8. The monoisotopic (exact) mass is 540 g/mol. The van der Waals surface area contributed by atoms with Crippen LogP contribution in [0.3, 0.4) is 0 Å². The van der Waals surface area contributed by atoms with Crippen LogP contribution in [0.1, 0.15) is 49.6 Å². The zero-order valence-corrected chi connectivity index (χ0v) is 21.9. The number of aromatic nitrogens is 3. The van der Waals surface area contributed by atoms with Gasteiger partial charge >= 0.3 is 0 Å². The van der Waals surface area contributed by atoms with Crippen molar-refractivity contribution in [1.82, 2.24) is 14.8 Å². The van der Waals surface area contributed by atoms with Crippen molar-refractivity contribution in [2.45, 2.75) is 26.7 Å². The van der Waals surface area contributed by atoms with E-state index in [1.807, 2.05) is 18.2 Å². The largest absolute Gasteiger partial charge is 0.295 e. The molecule has 0 aliphatic carbocycles. The predicted octanol–water partition coefficient (Wildman–Crippen LogP) is 5.74. The molecule has 7 nitrogen and oxygen atoms in total. The third-order valence-electron chi connectivity index (χ3n) is 5.54. The van der Waals surface area contributed by atoms with Gasteiger partial charge < -0.3 is 0 Å². The van der Waals surface area contributed by atoms with Crippen LogP contribution in [0.4, 0.5) is 0 Å². The van der Waals surface area contributed by atoms with E-state index in [-0.39, 0.29) is 23.7 Å². The summed E-state index contributed by atoms with van der Waals surface area (Å²) in [5.74, 6) is -0.253. The van der Waals surface area contributed by atoms with Gasteiger partial charge in [0.2, 0.25) is 0 Å². The molecule has 0 saturated carbocycles. The summed E-state index contributed by atoms with van der Waals surface area (Å²) in [4.78, 5) is 47.9. The molecular weight excluding hydrogens is 519 g/mol. The van der Waals surface area contributed by atoms with Crippen LogP contribution in [0.25, 0.3) is 5.69 Å². The molecule has 4 rings (SSSR count). The fourth-order valence-corrected chi connectivity index (χ4v) is 4.87. The van der Waals surface area contributed by atoms with Gasteiger partial charge in [-0.25, -0.2) is 4.68 Å². The van der Waals surface area contributed by atoms with E-state index in [9.17, 15) is 14.4 Å². The second-order valence-electron chi connectivity index (χ2n) is 8.08. The Balaban J connectivity index is 1.44. The topological polar surface area (TPSA) is 97.2 Å². The number of benzene rings is 1. The number of hydrogen-bond acceptors (Lipinski definition) is 6. The number of aryl methyl sites for hydroxylation is 2. The van der Waals surface area contributed by atoms with Crippen LogP contribution in [0, 0.1) is 6.92 Å². The van der Waals surface area contributed by atoms with Crippen LogP contribution in [-0.4, -0.2) is 38.6 Å². The van der Waals surface area contributed by atoms with Crippen molar-refractivity contribution in [1.29, 1.82) is 0 Å². The molecule has 0 fully saturated rings. The van der Waals surface area contributed by atoms with Crippen LogP contribution in [0.5, 0.6) is 0 Å². The highest BCUT2D eigenvalue weighted by Crippen LogP contribution is 2.24. The number of nitrogens with zero attached hydrogens (tertiary/aromatic N) is 3. The molecular formula is C26H22Cl2N4O3S. The first-order valence-corrected chi connectivity index (χ1v) is 12.7. The molecule has 1 N–H and O–H groups in total. The van der Waals surface area contributed by atoms with Crippen LogP contribution in [-0.2, 0) is 6.42 Å². The molecule has 3 aromatic heterocycles. The molecule has 36 heavy (non-hydrogen) atoms. The summed E-state index contributed by atoms with van der Waals surface area (Å²) in [5, 5.41) is 3.73. The number of aromatic amines is 1. The minimum Gasteiger partial charge on any atom is -0.295 e. The van der Waals surface area contributed by atoms with Gasteiger partial charge in [0.1, 0.15) is 6.54 Å². The fraction of sp³-hybridized carbons (Fsp3) is 0.192. The number of pyridine rings is 1. The first-order valence-electron chi connectivity index (χ1n) is 11.1. The number of hydrogen-bond donors (Lipinski definition) is 1. The van der Waals surface area contributed by atoms with Gasteiger partial charge in [-0.3, -0.25) is 29.5 Å². The number of Topliss-reactive ketones (excluding diaryl/α,β-unsaturated/α-hetero) is 2. The summed E-state index contributed by atoms with van der Waals surface area (Å²) >= 11 is 13.2. The molecule has 4 aromatic rings. The van der Waals surface area contributed by atoms with E-state index in [0.29, 0.717) is 55.3 Å². The van der Waals surface area contributed by atoms with E-state index in [2.05, 4.69) is 15.1 Å². The first-order chi connectivity index (χ1) is 17.2. The minimum atomic E-state index is -0.309. The van der Waals surface area contributed by atoms with Crippen molar-refractivity contribution in [3.63, 3.8) is 0 Å². The lowest BCUT2D eigenvalue weighted by Gasteiger charge is -2.03. The van der Waals surface area contributed by atoms with E-state index in [1.54, 1.807) is 50.4 Å². The maximum Gasteiger partial charge on any atom is 0.280 e. The van der Waals surface area contributed by atoms with E-state index in [4.69, 9.17) is 23.2 Å². The molecule has 0 amide bonds. The standard InChI is InChI=1S/C26H22Cl2N4O3S/c1-15(25-16(2)31-32(26(25)35)18-7-8-19(27)20(28)13-18)30-14-22(34)24-11-10-23(36-24)21(33)9-6-17-5-3-4-12-29-17/h3-5,7-8,10-13,31H,6,9,14H2,1-2H3. The van der Waals surface area contributed by atoms with Crippen molar-refractivity contribution in [3.8, 4) is 5.69 Å². The van der Waals surface area contributed by atoms with E-state index in [0.717, 1.165) is 17.0 Å². The average Bonchev–Trinajstić information content (AvgIpc) is 3.48. The highest BCUT2D eigenvalue weighted by Gasteiger charge is 2.17. The van der Waals surface area contributed by atoms with Gasteiger partial charge in [0.05, 0.1) is 31.1 Å². The van der Waals surface area contributed by atoms with Gasteiger partial charge in [0, 0.05) is 29.7 Å². The number of carbonyl (C=O) groups excluding carboxylic acids is 2. The number of nitrogens with one attached hydrogen (secondary N) is 1. The second-order valence-corrected chi connectivity index (χ2v) is 9.98. The molecule has 10 heteroatoms. The number of carbonyl (C=O) groups is 2. The Labute approximate surface area is 221 Å². The van der Waals surface area contributed by atoms with Gasteiger partial charge in [-0.1, -0.05) is 29.3 Å². The van der Waals surface area contributed by atoms with Crippen LogP contribution in [0.2, 0.25) is 10.0 Å². The normalized spacial score (nSPS) is 11.6. The average molecular weight is 541 g/mol. The SMILES string of the molecule is CC(=NCC(=O)c1ccc(C(=O)CCc2ccccn2)s1)c1c(C)[nH]n(-c2ccc(Cl)c(Cl)c2)c1=O. The smallest absolute Gasteiger partial charge is 0.280 e. The highest BCUT2D eigenvalue weighted by atomic mass is 35.5. The fourth-order valence-electron chi connectivity index (χ4n) is 3.67. The highest BCUT2D eigenvalue weighted by molar-refractivity contribution is 7.16. The number of thiophene rings is 1. The van der Waals surface area contributed by atoms with Gasteiger partial charge in [-0.15, -0.1) is 11.3 Å². The molecule has 3 heterocycles. The van der Waals surface area contributed by atoms with Crippen LogP contribution in [0.15, 0.2) is 64.5 Å². The molecule has 0 aliphatic heterocycles. The second kappa shape index (κ2) is 11.2. The summed E-state index contributed by atoms with van der Waals surface area (Å²) in [6.45, 7) is 3.31. The minimum absolute atomic E-state index is 0.0322. The van der Waals surface area contributed by atoms with E-state index >= 15 is 0 Å². The Hall–Kier alpha value is -3.33. The maximum absolute atomic E-state index is 13.0. The molecule has 0 spiro atoms. The number of halogens is 2. The molecule has 0 saturated heterocycles. The molecule has 0 bridgehead atoms. The summed E-state index contributed by atoms with van der Waals surface area (Å²) < 4.78 is 1.36. The molecule has 184 valence electrons. The van der Waals surface area contributed by atoms with Crippen molar-refractivity contribution in [2.24, 2.45) is 4.99 Å². The third-order valence-corrected chi connectivity index (χ3v) is 7.45. The molecule has 0 unspecified atom stereocenters. The third kappa shape index (κ3) is 5.73. The number of aliphatic imine (C=N–C) groups is 1. The lowest BCUT2D eigenvalue weighted by molar-refractivity contribution is 0.0984. The van der Waals surface area contributed by atoms with Crippen LogP contribution >= 0.6 is 34.5 Å². The van der Waals surface area contributed by atoms with Crippen molar-refractivity contribution in [3.05, 3.63) is 102 Å². The maximum atomic E-state index is 13.0. The molecule has 0 atom stereocenters. The summed E-state index contributed by atoms with van der Waals surface area (Å²) in [7, 11) is 0. The van der Waals surface area contributed by atoms with Crippen molar-refractivity contribution in [2.75, 3.05) is 6.54 Å². The Kier molecular flexibility index (Phi) is 7.98. The Morgan fingerprint density at radius 3 is 2.50 bits per heavy atom. The van der Waals surface area contributed by atoms with Gasteiger partial charge in [-0.2, -0.15) is 0 Å². The lowest BCUT2D eigenvalue weighted by Crippen LogP contribution is -2.20. The molecule has 0 aliphatic rings. The van der Waals surface area contributed by atoms with Crippen molar-refractivity contribution < 1.29 is 9.59 Å². The number of H-pyrrole nitrogens is 1. The summed E-state index contributed by atoms with van der Waals surface area (Å²) in [6.07, 6.45) is 2.56. The Morgan fingerprint density at radius 2 is 1.81 bits per heavy atom. The molecule has 1 aromatic carbocycles. The Morgan fingerprint density at radius 1 is 1.06 bits per heavy atom. The Bertz CT molecular complexity index is 1520. The zero-order valence-electron chi connectivity index (χ0n) is 19.5. The molecule has 0 radical (unpaired) electrons. The quantitative estimate of drug-likeness (QED) is 0.216. The van der Waals surface area contributed by atoms with Gasteiger partial charge in [0.25, 0.3) is 5.56 Å². The predicted molar refractivity (Wildman–Crippen MR) is 144 cm³/mol. The number of ketones is 2. The van der Waals surface area contributed by atoms with Crippen molar-refractivity contribution >= 4 is 51.8 Å². The number of rotatable bonds is 9. The van der Waals surface area contributed by atoms with E-state index < -0.39 is 0 Å². The summed E-state index contributed by atoms with van der Waals surface area (Å²) in [5.41, 5.74) is 2.50. The van der Waals surface area contributed by atoms with E-state index in [1.165, 1.54) is 4.68 Å². The lowest BCUT2D eigenvalue weighted by atomic mass is 10.1.